The maximum Gasteiger partial charge on any atom is 0.338 e. The fourth-order valence-corrected chi connectivity index (χ4v) is 2.34. The van der Waals surface area contributed by atoms with Gasteiger partial charge in [0.15, 0.2) is 0 Å². The van der Waals surface area contributed by atoms with Crippen LogP contribution in [0.15, 0.2) is 24.3 Å². The summed E-state index contributed by atoms with van der Waals surface area (Å²) in [4.78, 5) is 24.9. The van der Waals surface area contributed by atoms with Crippen LogP contribution in [-0.4, -0.2) is 35.7 Å². The normalized spacial score (nSPS) is 18.6. The lowest BCUT2D eigenvalue weighted by Gasteiger charge is -2.20. The van der Waals surface area contributed by atoms with Gasteiger partial charge in [-0.15, -0.1) is 0 Å². The van der Waals surface area contributed by atoms with Gasteiger partial charge in [0.05, 0.1) is 11.5 Å². The van der Waals surface area contributed by atoms with Gasteiger partial charge in [-0.2, -0.15) is 0 Å². The molecule has 0 spiro atoms. The zero-order valence-corrected chi connectivity index (χ0v) is 12.6. The zero-order valence-electron chi connectivity index (χ0n) is 12.6. The highest BCUT2D eigenvalue weighted by Gasteiger charge is 2.28. The summed E-state index contributed by atoms with van der Waals surface area (Å²) in [7, 11) is 0. The molecule has 21 heavy (non-hydrogen) atoms. The summed E-state index contributed by atoms with van der Waals surface area (Å²) in [6.07, 6.45) is 0.656. The molecule has 1 aliphatic heterocycles. The number of nitrogens with zero attached hydrogens (tertiary/aromatic N) is 1. The van der Waals surface area contributed by atoms with Gasteiger partial charge >= 0.3 is 11.9 Å². The Morgan fingerprint density at radius 2 is 1.86 bits per heavy atom. The van der Waals surface area contributed by atoms with Crippen molar-refractivity contribution in [1.29, 1.82) is 0 Å². The Bertz CT molecular complexity index is 530. The van der Waals surface area contributed by atoms with Crippen molar-refractivity contribution in [3.05, 3.63) is 29.8 Å². The van der Waals surface area contributed by atoms with Crippen molar-refractivity contribution < 1.29 is 19.4 Å². The molecule has 1 aliphatic rings. The predicted octanol–water partition coefficient (Wildman–Crippen LogP) is 2.55. The number of hydrogen-bond donors (Lipinski definition) is 1. The summed E-state index contributed by atoms with van der Waals surface area (Å²) in [5, 5.41) is 9.02. The largest absolute Gasteiger partial charge is 0.481 e. The number of carbonyl (C=O) groups excluding carboxylic acids is 1. The lowest BCUT2D eigenvalue weighted by Crippen LogP contribution is -2.24. The molecule has 1 fully saturated rings. The van der Waals surface area contributed by atoms with Gasteiger partial charge < -0.3 is 14.7 Å². The molecule has 0 bridgehead atoms. The highest BCUT2D eigenvalue weighted by atomic mass is 16.6. The second kappa shape index (κ2) is 5.76. The molecule has 0 radical (unpaired) electrons. The molecule has 1 N–H and O–H groups in total. The highest BCUT2D eigenvalue weighted by molar-refractivity contribution is 5.90. The standard InChI is InChI=1S/C16H21NO4/c1-16(2,3)21-15(20)11-4-6-13(7-5-11)17-9-8-12(10-17)14(18)19/h4-7,12H,8-10H2,1-3H3,(H,18,19). The molecule has 1 unspecified atom stereocenters. The molecule has 1 aromatic rings. The summed E-state index contributed by atoms with van der Waals surface area (Å²) in [6.45, 7) is 6.73. The van der Waals surface area contributed by atoms with Crippen LogP contribution in [0.5, 0.6) is 0 Å². The van der Waals surface area contributed by atoms with E-state index < -0.39 is 11.6 Å². The van der Waals surface area contributed by atoms with Crippen molar-refractivity contribution in [1.82, 2.24) is 0 Å². The highest BCUT2D eigenvalue weighted by Crippen LogP contribution is 2.24. The van der Waals surface area contributed by atoms with E-state index >= 15 is 0 Å². The molecule has 0 aliphatic carbocycles. The van der Waals surface area contributed by atoms with E-state index in [2.05, 4.69) is 0 Å². The Labute approximate surface area is 124 Å². The van der Waals surface area contributed by atoms with Crippen molar-refractivity contribution >= 4 is 17.6 Å². The maximum absolute atomic E-state index is 11.9. The first-order valence-corrected chi connectivity index (χ1v) is 7.07. The number of esters is 1. The van der Waals surface area contributed by atoms with Crippen molar-refractivity contribution in [3.8, 4) is 0 Å². The lowest BCUT2D eigenvalue weighted by atomic mass is 10.1. The zero-order chi connectivity index (χ0) is 15.6. The summed E-state index contributed by atoms with van der Waals surface area (Å²) in [5.41, 5.74) is 0.924. The molecule has 0 aromatic heterocycles. The molecule has 5 heteroatoms. The number of carboxylic acids is 1. The Kier molecular flexibility index (Phi) is 4.21. The third kappa shape index (κ3) is 3.97. The maximum atomic E-state index is 11.9. The van der Waals surface area contributed by atoms with Gasteiger partial charge in [-0.1, -0.05) is 0 Å². The Morgan fingerprint density at radius 1 is 1.24 bits per heavy atom. The average molecular weight is 291 g/mol. The SMILES string of the molecule is CC(C)(C)OC(=O)c1ccc(N2CCC(C(=O)O)C2)cc1. The summed E-state index contributed by atoms with van der Waals surface area (Å²) in [5.74, 6) is -1.41. The van der Waals surface area contributed by atoms with E-state index in [0.29, 0.717) is 18.5 Å². The molecule has 0 saturated carbocycles. The van der Waals surface area contributed by atoms with E-state index in [1.165, 1.54) is 0 Å². The van der Waals surface area contributed by atoms with E-state index in [0.717, 1.165) is 12.2 Å². The first kappa shape index (κ1) is 15.4. The minimum absolute atomic E-state index is 0.310. The number of ether oxygens (including phenoxy) is 1. The minimum atomic E-state index is -0.747. The number of hydrogen-bond acceptors (Lipinski definition) is 4. The van der Waals surface area contributed by atoms with E-state index in [-0.39, 0.29) is 11.9 Å². The first-order valence-electron chi connectivity index (χ1n) is 7.07. The molecule has 0 amide bonds. The Balaban J connectivity index is 2.03. The molecular weight excluding hydrogens is 270 g/mol. The van der Waals surface area contributed by atoms with Gasteiger partial charge in [0.1, 0.15) is 5.60 Å². The number of benzene rings is 1. The number of carboxylic acid groups (broad SMARTS) is 1. The molecule has 1 aromatic carbocycles. The van der Waals surface area contributed by atoms with Gasteiger partial charge in [-0.25, -0.2) is 4.79 Å². The van der Waals surface area contributed by atoms with Crippen LogP contribution in [0.3, 0.4) is 0 Å². The monoisotopic (exact) mass is 291 g/mol. The van der Waals surface area contributed by atoms with Crippen molar-refractivity contribution in [2.45, 2.75) is 32.8 Å². The fraction of sp³-hybridized carbons (Fsp3) is 0.500. The Morgan fingerprint density at radius 3 is 2.33 bits per heavy atom. The predicted molar refractivity (Wildman–Crippen MR) is 79.6 cm³/mol. The summed E-state index contributed by atoms with van der Waals surface area (Å²) >= 11 is 0. The number of aliphatic carboxylic acids is 1. The third-order valence-electron chi connectivity index (χ3n) is 3.40. The lowest BCUT2D eigenvalue weighted by molar-refractivity contribution is -0.140. The smallest absolute Gasteiger partial charge is 0.338 e. The molecule has 1 saturated heterocycles. The van der Waals surface area contributed by atoms with Gasteiger partial charge in [0.25, 0.3) is 0 Å². The number of carbonyl (C=O) groups is 2. The quantitative estimate of drug-likeness (QED) is 0.867. The Hall–Kier alpha value is -2.04. The van der Waals surface area contributed by atoms with Gasteiger partial charge in [0, 0.05) is 18.8 Å². The van der Waals surface area contributed by atoms with E-state index in [1.807, 2.05) is 37.8 Å². The van der Waals surface area contributed by atoms with Crippen LogP contribution in [0.2, 0.25) is 0 Å². The van der Waals surface area contributed by atoms with Gasteiger partial charge in [-0.05, 0) is 51.5 Å². The summed E-state index contributed by atoms with van der Waals surface area (Å²) in [6, 6.07) is 7.11. The van der Waals surface area contributed by atoms with Crippen LogP contribution in [0.1, 0.15) is 37.6 Å². The van der Waals surface area contributed by atoms with Crippen LogP contribution in [0, 0.1) is 5.92 Å². The van der Waals surface area contributed by atoms with Crippen LogP contribution in [0.25, 0.3) is 0 Å². The molecule has 114 valence electrons. The first-order chi connectivity index (χ1) is 9.76. The van der Waals surface area contributed by atoms with Crippen LogP contribution in [-0.2, 0) is 9.53 Å². The van der Waals surface area contributed by atoms with Gasteiger partial charge in [0.2, 0.25) is 0 Å². The topological polar surface area (TPSA) is 66.8 Å². The van der Waals surface area contributed by atoms with E-state index in [4.69, 9.17) is 9.84 Å². The second-order valence-electron chi connectivity index (χ2n) is 6.32. The third-order valence-corrected chi connectivity index (χ3v) is 3.40. The minimum Gasteiger partial charge on any atom is -0.481 e. The molecule has 1 atom stereocenters. The number of rotatable bonds is 3. The van der Waals surface area contributed by atoms with Crippen molar-refractivity contribution in [2.75, 3.05) is 18.0 Å². The van der Waals surface area contributed by atoms with Crippen molar-refractivity contribution in [2.24, 2.45) is 5.92 Å². The van der Waals surface area contributed by atoms with Crippen LogP contribution < -0.4 is 4.90 Å². The average Bonchev–Trinajstić information content (AvgIpc) is 2.86. The second-order valence-corrected chi connectivity index (χ2v) is 6.32. The summed E-state index contributed by atoms with van der Waals surface area (Å²) < 4.78 is 5.31. The molecular formula is C16H21NO4. The number of anilines is 1. The van der Waals surface area contributed by atoms with Crippen LogP contribution in [0.4, 0.5) is 5.69 Å². The fourth-order valence-electron chi connectivity index (χ4n) is 2.34. The van der Waals surface area contributed by atoms with Crippen LogP contribution >= 0.6 is 0 Å². The molecule has 5 nitrogen and oxygen atoms in total. The van der Waals surface area contributed by atoms with Crippen molar-refractivity contribution in [3.63, 3.8) is 0 Å². The van der Waals surface area contributed by atoms with E-state index in [9.17, 15) is 9.59 Å². The van der Waals surface area contributed by atoms with Gasteiger partial charge in [-0.3, -0.25) is 4.79 Å². The van der Waals surface area contributed by atoms with E-state index in [1.54, 1.807) is 12.1 Å². The molecule has 1 heterocycles. The molecule has 2 rings (SSSR count).